The normalized spacial score (nSPS) is 15.8. The first-order valence-electron chi connectivity index (χ1n) is 8.56. The van der Waals surface area contributed by atoms with E-state index in [0.717, 1.165) is 25.2 Å². The van der Waals surface area contributed by atoms with Crippen molar-refractivity contribution in [1.82, 2.24) is 0 Å². The second kappa shape index (κ2) is 12.6. The number of hydrogen-bond donors (Lipinski definition) is 1. The van der Waals surface area contributed by atoms with E-state index in [-0.39, 0.29) is 0 Å². The lowest BCUT2D eigenvalue weighted by atomic mass is 10.0. The van der Waals surface area contributed by atoms with E-state index in [9.17, 15) is 9.90 Å². The van der Waals surface area contributed by atoms with Crippen LogP contribution in [-0.2, 0) is 0 Å². The second-order valence-corrected chi connectivity index (χ2v) is 8.21. The molecule has 0 aromatic carbocycles. The molecule has 0 saturated heterocycles. The van der Waals surface area contributed by atoms with Crippen LogP contribution in [0.4, 0.5) is 4.79 Å². The fourth-order valence-corrected chi connectivity index (χ4v) is 5.28. The fraction of sp³-hybridized carbons (Fsp3) is 0.941. The van der Waals surface area contributed by atoms with Crippen LogP contribution < -0.4 is 0 Å². The highest BCUT2D eigenvalue weighted by Gasteiger charge is 2.24. The summed E-state index contributed by atoms with van der Waals surface area (Å²) in [5.41, 5.74) is -0.509. The summed E-state index contributed by atoms with van der Waals surface area (Å²) in [6.07, 6.45) is 11.5. The summed E-state index contributed by atoms with van der Waals surface area (Å²) < 4.78 is 0. The molecule has 0 heterocycles. The van der Waals surface area contributed by atoms with Crippen molar-refractivity contribution in [1.29, 1.82) is 0 Å². The Bertz CT molecular complexity index is 225. The van der Waals surface area contributed by atoms with E-state index in [1.807, 2.05) is 0 Å². The highest BCUT2D eigenvalue weighted by Crippen LogP contribution is 2.43. The van der Waals surface area contributed by atoms with Gasteiger partial charge in [-0.15, -0.1) is 0 Å². The Labute approximate surface area is 127 Å². The highest BCUT2D eigenvalue weighted by molar-refractivity contribution is 7.74. The van der Waals surface area contributed by atoms with E-state index < -0.39 is 13.6 Å². The van der Waals surface area contributed by atoms with Crippen molar-refractivity contribution in [3.8, 4) is 0 Å². The van der Waals surface area contributed by atoms with E-state index in [0.29, 0.717) is 11.8 Å². The van der Waals surface area contributed by atoms with Gasteiger partial charge in [0.05, 0.1) is 0 Å². The molecular formula is C17H35O2P. The molecule has 0 aliphatic heterocycles. The first kappa shape index (κ1) is 19.9. The van der Waals surface area contributed by atoms with Crippen LogP contribution in [0.25, 0.3) is 0 Å². The topological polar surface area (TPSA) is 37.3 Å². The van der Waals surface area contributed by atoms with Crippen molar-refractivity contribution in [2.75, 3.05) is 12.3 Å². The lowest BCUT2D eigenvalue weighted by Gasteiger charge is -2.24. The number of carbonyl (C=O) groups is 1. The predicted molar refractivity (Wildman–Crippen MR) is 91.3 cm³/mol. The first-order chi connectivity index (χ1) is 9.58. The predicted octanol–water partition coefficient (Wildman–Crippen LogP) is 6.58. The Hall–Kier alpha value is -0.100. The Morgan fingerprint density at radius 3 is 1.55 bits per heavy atom. The van der Waals surface area contributed by atoms with Gasteiger partial charge in [-0.25, -0.2) is 4.79 Å². The summed E-state index contributed by atoms with van der Waals surface area (Å²) in [5, 5.41) is 9.54. The molecular weight excluding hydrogens is 267 g/mol. The van der Waals surface area contributed by atoms with Gasteiger partial charge in [-0.05, 0) is 24.2 Å². The molecule has 2 atom stereocenters. The zero-order valence-corrected chi connectivity index (χ0v) is 14.9. The van der Waals surface area contributed by atoms with Crippen LogP contribution >= 0.6 is 7.92 Å². The molecule has 0 aliphatic carbocycles. The van der Waals surface area contributed by atoms with Gasteiger partial charge >= 0.3 is 5.71 Å². The summed E-state index contributed by atoms with van der Waals surface area (Å²) in [4.78, 5) is 11.6. The minimum absolute atomic E-state index is 0.509. The number of rotatable bonds is 13. The molecule has 0 aliphatic rings. The maximum absolute atomic E-state index is 11.6. The molecule has 0 radical (unpaired) electrons. The molecule has 120 valence electrons. The van der Waals surface area contributed by atoms with Gasteiger partial charge in [0.1, 0.15) is 0 Å². The summed E-state index contributed by atoms with van der Waals surface area (Å²) in [6, 6.07) is 0. The zero-order valence-electron chi connectivity index (χ0n) is 14.0. The van der Waals surface area contributed by atoms with E-state index in [2.05, 4.69) is 27.7 Å². The van der Waals surface area contributed by atoms with Crippen LogP contribution in [0.5, 0.6) is 0 Å². The van der Waals surface area contributed by atoms with Crippen molar-refractivity contribution in [3.63, 3.8) is 0 Å². The van der Waals surface area contributed by atoms with Gasteiger partial charge in [-0.3, -0.25) is 0 Å². The van der Waals surface area contributed by atoms with E-state index in [4.69, 9.17) is 0 Å². The largest absolute Gasteiger partial charge is 0.478 e. The standard InChI is InChI=1S/C17H35O2P/c1-5-9-11-15(7-3)13-20(17(18)19)14-16(8-4)12-10-6-2/h15-16H,5-14H2,1-4H3,(H,18,19). The van der Waals surface area contributed by atoms with Crippen LogP contribution in [0.3, 0.4) is 0 Å². The minimum atomic E-state index is -0.826. The molecule has 0 bridgehead atoms. The number of hydrogen-bond acceptors (Lipinski definition) is 1. The summed E-state index contributed by atoms with van der Waals surface area (Å²) >= 11 is 0. The van der Waals surface area contributed by atoms with E-state index in [1.54, 1.807) is 0 Å². The van der Waals surface area contributed by atoms with Crippen LogP contribution in [0, 0.1) is 11.8 Å². The van der Waals surface area contributed by atoms with E-state index in [1.165, 1.54) is 38.5 Å². The summed E-state index contributed by atoms with van der Waals surface area (Å²) in [6.45, 7) is 8.85. The number of unbranched alkanes of at least 4 members (excludes halogenated alkanes) is 2. The maximum Gasteiger partial charge on any atom is 0.323 e. The smallest absolute Gasteiger partial charge is 0.323 e. The van der Waals surface area contributed by atoms with Gasteiger partial charge in [0.25, 0.3) is 0 Å². The first-order valence-corrected chi connectivity index (χ1v) is 10.3. The third kappa shape index (κ3) is 8.95. The Kier molecular flexibility index (Phi) is 12.6. The fourth-order valence-electron chi connectivity index (χ4n) is 2.69. The average molecular weight is 302 g/mol. The lowest BCUT2D eigenvalue weighted by molar-refractivity contribution is 0.220. The van der Waals surface area contributed by atoms with Gasteiger partial charge < -0.3 is 5.11 Å². The molecule has 0 aromatic heterocycles. The van der Waals surface area contributed by atoms with Gasteiger partial charge in [0.15, 0.2) is 0 Å². The Balaban J connectivity index is 4.41. The SMILES string of the molecule is CCCCC(CC)CP(CC(CC)CCCC)C(=O)O. The van der Waals surface area contributed by atoms with Crippen molar-refractivity contribution in [2.45, 2.75) is 79.1 Å². The Morgan fingerprint density at radius 2 is 1.30 bits per heavy atom. The molecule has 2 nitrogen and oxygen atoms in total. The van der Waals surface area contributed by atoms with Crippen molar-refractivity contribution in [2.24, 2.45) is 11.8 Å². The molecule has 20 heavy (non-hydrogen) atoms. The van der Waals surface area contributed by atoms with Gasteiger partial charge in [-0.1, -0.05) is 79.1 Å². The van der Waals surface area contributed by atoms with Crippen LogP contribution in [0.15, 0.2) is 0 Å². The third-order valence-corrected chi connectivity index (χ3v) is 6.77. The molecule has 0 amide bonds. The molecule has 0 saturated carbocycles. The maximum atomic E-state index is 11.6. The molecule has 0 fully saturated rings. The molecule has 3 heteroatoms. The van der Waals surface area contributed by atoms with Gasteiger partial charge in [0, 0.05) is 7.92 Å². The Morgan fingerprint density at radius 1 is 0.900 bits per heavy atom. The lowest BCUT2D eigenvalue weighted by Crippen LogP contribution is -2.14. The summed E-state index contributed by atoms with van der Waals surface area (Å²) in [5.74, 6) is 1.25. The van der Waals surface area contributed by atoms with Gasteiger partial charge in [0.2, 0.25) is 0 Å². The zero-order chi connectivity index (χ0) is 15.4. The minimum Gasteiger partial charge on any atom is -0.478 e. The highest BCUT2D eigenvalue weighted by atomic mass is 31.1. The third-order valence-electron chi connectivity index (χ3n) is 4.31. The molecule has 2 unspecified atom stereocenters. The monoisotopic (exact) mass is 302 g/mol. The molecule has 0 aromatic rings. The van der Waals surface area contributed by atoms with Crippen molar-refractivity contribution < 1.29 is 9.90 Å². The molecule has 0 spiro atoms. The van der Waals surface area contributed by atoms with Gasteiger partial charge in [-0.2, -0.15) is 0 Å². The molecule has 0 rings (SSSR count). The molecule has 1 N–H and O–H groups in total. The van der Waals surface area contributed by atoms with Crippen molar-refractivity contribution in [3.05, 3.63) is 0 Å². The van der Waals surface area contributed by atoms with E-state index >= 15 is 0 Å². The number of carboxylic acid groups (broad SMARTS) is 1. The second-order valence-electron chi connectivity index (χ2n) is 6.02. The van der Waals surface area contributed by atoms with Crippen LogP contribution in [0.1, 0.15) is 79.1 Å². The van der Waals surface area contributed by atoms with Crippen LogP contribution in [0.2, 0.25) is 0 Å². The quantitative estimate of drug-likeness (QED) is 0.390. The van der Waals surface area contributed by atoms with Crippen LogP contribution in [-0.4, -0.2) is 23.1 Å². The van der Waals surface area contributed by atoms with Crippen molar-refractivity contribution >= 4 is 13.6 Å². The average Bonchev–Trinajstić information content (AvgIpc) is 2.45. The summed E-state index contributed by atoms with van der Waals surface area (Å²) in [7, 11) is -0.826.